The highest BCUT2D eigenvalue weighted by Crippen LogP contribution is 2.31. The molecule has 1 amide bonds. The van der Waals surface area contributed by atoms with Crippen molar-refractivity contribution in [2.75, 3.05) is 18.2 Å². The van der Waals surface area contributed by atoms with Gasteiger partial charge < -0.3 is 15.8 Å². The standard InChI is InChI=1S/C18H17Cl2N5O2S/c1-27-12-4-2-10(3-5-12)17-23-24-18(28)25(17)7-6-15(26)22-11-8-13(19)16(21)14(20)9-11/h2-5,8-9H,6-7,21H2,1H3,(H,22,26)(H,24,28). The molecule has 7 nitrogen and oxygen atoms in total. The topological polar surface area (TPSA) is 98.0 Å². The Kier molecular flexibility index (Phi) is 6.23. The number of rotatable bonds is 6. The highest BCUT2D eigenvalue weighted by molar-refractivity contribution is 7.71. The molecule has 0 spiro atoms. The fourth-order valence-corrected chi connectivity index (χ4v) is 3.29. The summed E-state index contributed by atoms with van der Waals surface area (Å²) in [6, 6.07) is 10.5. The van der Waals surface area contributed by atoms with Gasteiger partial charge in [-0.15, -0.1) is 0 Å². The number of carbonyl (C=O) groups excluding carboxylic acids is 1. The molecule has 0 saturated heterocycles. The van der Waals surface area contributed by atoms with Crippen LogP contribution >= 0.6 is 35.4 Å². The third-order valence-corrected chi connectivity index (χ3v) is 4.97. The number of amides is 1. The van der Waals surface area contributed by atoms with E-state index < -0.39 is 0 Å². The van der Waals surface area contributed by atoms with Gasteiger partial charge >= 0.3 is 0 Å². The van der Waals surface area contributed by atoms with Gasteiger partial charge in [-0.3, -0.25) is 14.5 Å². The molecule has 0 unspecified atom stereocenters. The maximum atomic E-state index is 12.3. The molecule has 3 rings (SSSR count). The summed E-state index contributed by atoms with van der Waals surface area (Å²) in [5.74, 6) is 1.16. The number of H-pyrrole nitrogens is 1. The number of aromatic amines is 1. The molecule has 10 heteroatoms. The summed E-state index contributed by atoms with van der Waals surface area (Å²) in [5.41, 5.74) is 7.30. The van der Waals surface area contributed by atoms with E-state index in [-0.39, 0.29) is 28.1 Å². The summed E-state index contributed by atoms with van der Waals surface area (Å²) in [6.45, 7) is 0.346. The molecule has 0 fully saturated rings. The average molecular weight is 438 g/mol. The molecular formula is C18H17Cl2N5O2S. The lowest BCUT2D eigenvalue weighted by Crippen LogP contribution is -2.15. The molecule has 28 heavy (non-hydrogen) atoms. The van der Waals surface area contributed by atoms with Crippen LogP contribution in [0, 0.1) is 4.77 Å². The molecule has 0 bridgehead atoms. The Morgan fingerprint density at radius 2 is 1.93 bits per heavy atom. The molecule has 4 N–H and O–H groups in total. The fraction of sp³-hybridized carbons (Fsp3) is 0.167. The summed E-state index contributed by atoms with van der Waals surface area (Å²) in [7, 11) is 1.60. The second kappa shape index (κ2) is 8.64. The summed E-state index contributed by atoms with van der Waals surface area (Å²) in [6.07, 6.45) is 0.177. The SMILES string of the molecule is COc1ccc(-c2n[nH]c(=S)n2CCC(=O)Nc2cc(Cl)c(N)c(Cl)c2)cc1. The number of nitrogens with two attached hydrogens (primary N) is 1. The van der Waals surface area contributed by atoms with Gasteiger partial charge in [0.25, 0.3) is 0 Å². The number of nitrogen functional groups attached to an aromatic ring is 1. The Labute approximate surface area is 176 Å². The van der Waals surface area contributed by atoms with Gasteiger partial charge in [-0.25, -0.2) is 0 Å². The Hall–Kier alpha value is -2.55. The highest BCUT2D eigenvalue weighted by atomic mass is 35.5. The Morgan fingerprint density at radius 1 is 1.29 bits per heavy atom. The van der Waals surface area contributed by atoms with Gasteiger partial charge in [0.1, 0.15) is 5.75 Å². The van der Waals surface area contributed by atoms with Crippen LogP contribution in [0.3, 0.4) is 0 Å². The minimum Gasteiger partial charge on any atom is -0.497 e. The number of anilines is 2. The summed E-state index contributed by atoms with van der Waals surface area (Å²) in [4.78, 5) is 12.3. The lowest BCUT2D eigenvalue weighted by molar-refractivity contribution is -0.116. The zero-order valence-corrected chi connectivity index (χ0v) is 17.2. The molecule has 0 radical (unpaired) electrons. The number of methoxy groups -OCH3 is 1. The van der Waals surface area contributed by atoms with Crippen LogP contribution in [0.5, 0.6) is 5.75 Å². The van der Waals surface area contributed by atoms with E-state index in [4.69, 9.17) is 45.9 Å². The molecule has 146 valence electrons. The molecular weight excluding hydrogens is 421 g/mol. The van der Waals surface area contributed by atoms with E-state index in [0.717, 1.165) is 11.3 Å². The van der Waals surface area contributed by atoms with Crippen molar-refractivity contribution in [2.24, 2.45) is 0 Å². The van der Waals surface area contributed by atoms with Crippen molar-refractivity contribution < 1.29 is 9.53 Å². The predicted octanol–water partition coefficient (Wildman–Crippen LogP) is 4.53. The van der Waals surface area contributed by atoms with Crippen molar-refractivity contribution in [1.82, 2.24) is 14.8 Å². The maximum Gasteiger partial charge on any atom is 0.226 e. The lowest BCUT2D eigenvalue weighted by Gasteiger charge is -2.10. The largest absolute Gasteiger partial charge is 0.497 e. The second-order valence-corrected chi connectivity index (χ2v) is 7.09. The van der Waals surface area contributed by atoms with Crippen LogP contribution in [-0.2, 0) is 11.3 Å². The van der Waals surface area contributed by atoms with Crippen molar-refractivity contribution in [3.05, 3.63) is 51.2 Å². The van der Waals surface area contributed by atoms with Crippen molar-refractivity contribution >= 4 is 52.7 Å². The second-order valence-electron chi connectivity index (χ2n) is 5.88. The Morgan fingerprint density at radius 3 is 2.54 bits per heavy atom. The van der Waals surface area contributed by atoms with Gasteiger partial charge in [-0.05, 0) is 48.6 Å². The zero-order chi connectivity index (χ0) is 20.3. The molecule has 0 saturated carbocycles. The van der Waals surface area contributed by atoms with Crippen LogP contribution in [0.15, 0.2) is 36.4 Å². The minimum absolute atomic E-state index is 0.177. The van der Waals surface area contributed by atoms with E-state index >= 15 is 0 Å². The van der Waals surface area contributed by atoms with Gasteiger partial charge in [0.2, 0.25) is 5.91 Å². The number of hydrogen-bond donors (Lipinski definition) is 3. The number of nitrogens with zero attached hydrogens (tertiary/aromatic N) is 2. The van der Waals surface area contributed by atoms with E-state index in [9.17, 15) is 4.79 Å². The van der Waals surface area contributed by atoms with Crippen LogP contribution < -0.4 is 15.8 Å². The van der Waals surface area contributed by atoms with Crippen molar-refractivity contribution in [3.8, 4) is 17.1 Å². The van der Waals surface area contributed by atoms with Crippen LogP contribution in [0.2, 0.25) is 10.0 Å². The zero-order valence-electron chi connectivity index (χ0n) is 14.8. The predicted molar refractivity (Wildman–Crippen MR) is 114 cm³/mol. The van der Waals surface area contributed by atoms with Crippen LogP contribution in [-0.4, -0.2) is 27.8 Å². The number of ether oxygens (including phenoxy) is 1. The van der Waals surface area contributed by atoms with Crippen molar-refractivity contribution in [2.45, 2.75) is 13.0 Å². The first kappa shape index (κ1) is 20.2. The van der Waals surface area contributed by atoms with E-state index in [1.807, 2.05) is 24.3 Å². The number of halogens is 2. The normalized spacial score (nSPS) is 10.7. The van der Waals surface area contributed by atoms with Gasteiger partial charge in [0, 0.05) is 24.2 Å². The van der Waals surface area contributed by atoms with E-state index in [1.54, 1.807) is 23.8 Å². The van der Waals surface area contributed by atoms with Crippen LogP contribution in [0.25, 0.3) is 11.4 Å². The van der Waals surface area contributed by atoms with E-state index in [2.05, 4.69) is 15.5 Å². The number of carbonyl (C=O) groups is 1. The summed E-state index contributed by atoms with van der Waals surface area (Å²) < 4.78 is 7.36. The van der Waals surface area contributed by atoms with Gasteiger partial charge in [0.05, 0.1) is 22.8 Å². The van der Waals surface area contributed by atoms with Crippen molar-refractivity contribution in [1.29, 1.82) is 0 Å². The number of nitrogens with one attached hydrogen (secondary N) is 2. The van der Waals surface area contributed by atoms with Gasteiger partial charge in [-0.2, -0.15) is 5.10 Å². The third-order valence-electron chi connectivity index (χ3n) is 4.03. The maximum absolute atomic E-state index is 12.3. The van der Waals surface area contributed by atoms with Gasteiger partial charge in [0.15, 0.2) is 10.6 Å². The Bertz CT molecular complexity index is 1040. The van der Waals surface area contributed by atoms with Gasteiger partial charge in [-0.1, -0.05) is 23.2 Å². The first-order valence-electron chi connectivity index (χ1n) is 8.23. The molecule has 2 aromatic carbocycles. The highest BCUT2D eigenvalue weighted by Gasteiger charge is 2.12. The lowest BCUT2D eigenvalue weighted by atomic mass is 10.2. The van der Waals surface area contributed by atoms with E-state index in [0.29, 0.717) is 22.8 Å². The Balaban J connectivity index is 1.71. The van der Waals surface area contributed by atoms with E-state index in [1.165, 1.54) is 0 Å². The van der Waals surface area contributed by atoms with Crippen molar-refractivity contribution in [3.63, 3.8) is 0 Å². The molecule has 1 heterocycles. The average Bonchev–Trinajstić information content (AvgIpc) is 3.05. The monoisotopic (exact) mass is 437 g/mol. The molecule has 0 aliphatic rings. The minimum atomic E-state index is -0.222. The number of hydrogen-bond acceptors (Lipinski definition) is 5. The molecule has 3 aromatic rings. The van der Waals surface area contributed by atoms with Crippen LogP contribution in [0.4, 0.5) is 11.4 Å². The third kappa shape index (κ3) is 4.46. The smallest absolute Gasteiger partial charge is 0.226 e. The fourth-order valence-electron chi connectivity index (χ4n) is 2.58. The molecule has 0 aliphatic carbocycles. The first-order chi connectivity index (χ1) is 13.4. The molecule has 0 atom stereocenters. The first-order valence-corrected chi connectivity index (χ1v) is 9.39. The number of benzene rings is 2. The summed E-state index contributed by atoms with van der Waals surface area (Å²) >= 11 is 17.3. The number of aromatic nitrogens is 3. The molecule has 0 aliphatic heterocycles. The summed E-state index contributed by atoms with van der Waals surface area (Å²) in [5, 5.41) is 10.3. The quantitative estimate of drug-likeness (QED) is 0.388. The molecule has 1 aromatic heterocycles. The van der Waals surface area contributed by atoms with Crippen LogP contribution in [0.1, 0.15) is 6.42 Å².